The molecule has 3 aromatic rings. The van der Waals surface area contributed by atoms with E-state index in [1.54, 1.807) is 49.4 Å². The molecular weight excluding hydrogens is 427 g/mol. The van der Waals surface area contributed by atoms with Crippen molar-refractivity contribution in [2.45, 2.75) is 13.5 Å². The fourth-order valence-corrected chi connectivity index (χ4v) is 3.39. The number of nitrogens with zero attached hydrogens (tertiary/aromatic N) is 1. The lowest BCUT2D eigenvalue weighted by atomic mass is 10.1. The summed E-state index contributed by atoms with van der Waals surface area (Å²) in [6.45, 7) is 1.14. The van der Waals surface area contributed by atoms with Crippen LogP contribution < -0.4 is 5.32 Å². The first-order valence-corrected chi connectivity index (χ1v) is 10.1. The molecule has 0 unspecified atom stereocenters. The summed E-state index contributed by atoms with van der Waals surface area (Å²) in [5.41, 5.74) is 2.31. The first-order valence-electron chi connectivity index (χ1n) is 10.1. The molecule has 1 heterocycles. The molecule has 1 aliphatic rings. The standard InChI is InChI=1S/C25H19FN2O5/c1-15-6-11-18(12-21(15)26)27-22(29)14-33-25(32)17-9-7-16(8-10-17)13-28-23(30)19-4-2-3-5-20(19)24(28)31/h2-12H,13-14H2,1H3,(H,27,29). The second-order valence-corrected chi connectivity index (χ2v) is 7.53. The Labute approximate surface area is 188 Å². The Morgan fingerprint density at radius 3 is 2.18 bits per heavy atom. The van der Waals surface area contributed by atoms with Gasteiger partial charge in [0.1, 0.15) is 5.82 Å². The van der Waals surface area contributed by atoms with Gasteiger partial charge in [-0.25, -0.2) is 9.18 Å². The number of carbonyl (C=O) groups excluding carboxylic acids is 4. The Balaban J connectivity index is 1.32. The zero-order valence-electron chi connectivity index (χ0n) is 17.6. The average molecular weight is 446 g/mol. The molecule has 1 N–H and O–H groups in total. The Morgan fingerprint density at radius 1 is 0.939 bits per heavy atom. The molecule has 0 saturated carbocycles. The maximum Gasteiger partial charge on any atom is 0.338 e. The van der Waals surface area contributed by atoms with Gasteiger partial charge in [-0.3, -0.25) is 19.3 Å². The molecule has 8 heteroatoms. The van der Waals surface area contributed by atoms with Crippen molar-refractivity contribution in [3.63, 3.8) is 0 Å². The summed E-state index contributed by atoms with van der Waals surface area (Å²) in [6, 6.07) is 17.1. The monoisotopic (exact) mass is 446 g/mol. The second-order valence-electron chi connectivity index (χ2n) is 7.53. The lowest BCUT2D eigenvalue weighted by molar-refractivity contribution is -0.119. The highest BCUT2D eigenvalue weighted by molar-refractivity contribution is 6.21. The molecule has 1 aliphatic heterocycles. The summed E-state index contributed by atoms with van der Waals surface area (Å²) < 4.78 is 18.6. The van der Waals surface area contributed by atoms with E-state index in [-0.39, 0.29) is 29.6 Å². The van der Waals surface area contributed by atoms with Gasteiger partial charge in [0.25, 0.3) is 17.7 Å². The maximum atomic E-state index is 13.6. The third-order valence-corrected chi connectivity index (χ3v) is 5.20. The van der Waals surface area contributed by atoms with Gasteiger partial charge in [0.05, 0.1) is 23.2 Å². The summed E-state index contributed by atoms with van der Waals surface area (Å²) >= 11 is 0. The van der Waals surface area contributed by atoms with Gasteiger partial charge in [0.15, 0.2) is 6.61 Å². The third-order valence-electron chi connectivity index (χ3n) is 5.20. The predicted molar refractivity (Wildman–Crippen MR) is 117 cm³/mol. The van der Waals surface area contributed by atoms with Gasteiger partial charge in [-0.1, -0.05) is 30.3 Å². The van der Waals surface area contributed by atoms with E-state index in [9.17, 15) is 23.6 Å². The number of halogens is 1. The number of esters is 1. The van der Waals surface area contributed by atoms with Gasteiger partial charge >= 0.3 is 5.97 Å². The highest BCUT2D eigenvalue weighted by Gasteiger charge is 2.34. The smallest absolute Gasteiger partial charge is 0.338 e. The Hall–Kier alpha value is -4.33. The average Bonchev–Trinajstić information content (AvgIpc) is 3.05. The number of fused-ring (bicyclic) bond motifs is 1. The fraction of sp³-hybridized carbons (Fsp3) is 0.120. The fourth-order valence-electron chi connectivity index (χ4n) is 3.39. The minimum absolute atomic E-state index is 0.0667. The van der Waals surface area contributed by atoms with E-state index in [1.807, 2.05) is 0 Å². The van der Waals surface area contributed by atoms with E-state index < -0.39 is 24.3 Å². The van der Waals surface area contributed by atoms with E-state index in [2.05, 4.69) is 5.32 Å². The normalized spacial score (nSPS) is 12.5. The minimum Gasteiger partial charge on any atom is -0.452 e. The molecule has 0 aliphatic carbocycles. The highest BCUT2D eigenvalue weighted by atomic mass is 19.1. The zero-order chi connectivity index (χ0) is 23.5. The molecule has 166 valence electrons. The molecule has 3 amide bonds. The predicted octanol–water partition coefficient (Wildman–Crippen LogP) is 3.73. The van der Waals surface area contributed by atoms with Gasteiger partial charge in [-0.05, 0) is 54.4 Å². The first kappa shape index (κ1) is 21.9. The molecule has 3 aromatic carbocycles. The minimum atomic E-state index is -0.715. The van der Waals surface area contributed by atoms with Crippen LogP contribution in [0, 0.1) is 12.7 Å². The van der Waals surface area contributed by atoms with Crippen molar-refractivity contribution >= 4 is 29.4 Å². The molecule has 0 spiro atoms. The van der Waals surface area contributed by atoms with Crippen LogP contribution in [0.1, 0.15) is 42.2 Å². The van der Waals surface area contributed by atoms with Crippen molar-refractivity contribution in [1.82, 2.24) is 4.90 Å². The van der Waals surface area contributed by atoms with E-state index >= 15 is 0 Å². The third kappa shape index (κ3) is 4.64. The first-order chi connectivity index (χ1) is 15.8. The number of hydrogen-bond donors (Lipinski definition) is 1. The van der Waals surface area contributed by atoms with Crippen LogP contribution in [0.2, 0.25) is 0 Å². The van der Waals surface area contributed by atoms with Crippen molar-refractivity contribution in [2.24, 2.45) is 0 Å². The number of carbonyl (C=O) groups is 4. The van der Waals surface area contributed by atoms with Gasteiger partial charge in [-0.2, -0.15) is 0 Å². The van der Waals surface area contributed by atoms with Gasteiger partial charge < -0.3 is 10.1 Å². The molecular formula is C25H19FN2O5. The van der Waals surface area contributed by atoms with Crippen molar-refractivity contribution in [1.29, 1.82) is 0 Å². The molecule has 4 rings (SSSR count). The molecule has 0 fully saturated rings. The summed E-state index contributed by atoms with van der Waals surface area (Å²) in [7, 11) is 0. The Bertz CT molecular complexity index is 1240. The Kier molecular flexibility index (Phi) is 5.99. The second kappa shape index (κ2) is 9.04. The Morgan fingerprint density at radius 2 is 1.58 bits per heavy atom. The lowest BCUT2D eigenvalue weighted by Gasteiger charge is -2.14. The topological polar surface area (TPSA) is 92.8 Å². The van der Waals surface area contributed by atoms with Crippen LogP contribution in [0.3, 0.4) is 0 Å². The summed E-state index contributed by atoms with van der Waals surface area (Å²) in [5, 5.41) is 2.46. The van der Waals surface area contributed by atoms with E-state index in [1.165, 1.54) is 24.3 Å². The van der Waals surface area contributed by atoms with Crippen LogP contribution in [0.5, 0.6) is 0 Å². The van der Waals surface area contributed by atoms with E-state index in [0.29, 0.717) is 22.3 Å². The number of hydrogen-bond acceptors (Lipinski definition) is 5. The number of benzene rings is 3. The molecule has 0 saturated heterocycles. The van der Waals surface area contributed by atoms with E-state index in [0.717, 1.165) is 4.90 Å². The SMILES string of the molecule is Cc1ccc(NC(=O)COC(=O)c2ccc(CN3C(=O)c4ccccc4C3=O)cc2)cc1F. The molecule has 0 atom stereocenters. The number of imide groups is 1. The summed E-state index contributed by atoms with van der Waals surface area (Å²) in [6.07, 6.45) is 0. The maximum absolute atomic E-state index is 13.6. The van der Waals surface area contributed by atoms with Gasteiger partial charge in [-0.15, -0.1) is 0 Å². The van der Waals surface area contributed by atoms with Crippen molar-refractivity contribution < 1.29 is 28.3 Å². The molecule has 0 aromatic heterocycles. The number of rotatable bonds is 6. The largest absolute Gasteiger partial charge is 0.452 e. The van der Waals surface area contributed by atoms with Crippen LogP contribution in [0.4, 0.5) is 10.1 Å². The van der Waals surface area contributed by atoms with Crippen LogP contribution in [0.15, 0.2) is 66.7 Å². The molecule has 7 nitrogen and oxygen atoms in total. The highest BCUT2D eigenvalue weighted by Crippen LogP contribution is 2.24. The molecule has 0 bridgehead atoms. The molecule has 0 radical (unpaired) electrons. The lowest BCUT2D eigenvalue weighted by Crippen LogP contribution is -2.29. The van der Waals surface area contributed by atoms with Crippen LogP contribution in [-0.2, 0) is 16.1 Å². The molecule has 33 heavy (non-hydrogen) atoms. The summed E-state index contributed by atoms with van der Waals surface area (Å²) in [5.74, 6) is -2.50. The van der Waals surface area contributed by atoms with Crippen molar-refractivity contribution in [3.8, 4) is 0 Å². The van der Waals surface area contributed by atoms with Gasteiger partial charge in [0, 0.05) is 5.69 Å². The number of nitrogens with one attached hydrogen (secondary N) is 1. The quantitative estimate of drug-likeness (QED) is 0.460. The number of amides is 3. The van der Waals surface area contributed by atoms with Crippen LogP contribution in [-0.4, -0.2) is 35.2 Å². The van der Waals surface area contributed by atoms with Crippen LogP contribution in [0.25, 0.3) is 0 Å². The zero-order valence-corrected chi connectivity index (χ0v) is 17.6. The summed E-state index contributed by atoms with van der Waals surface area (Å²) in [4.78, 5) is 50.3. The van der Waals surface area contributed by atoms with Gasteiger partial charge in [0.2, 0.25) is 0 Å². The van der Waals surface area contributed by atoms with E-state index in [4.69, 9.17) is 4.74 Å². The van der Waals surface area contributed by atoms with Crippen molar-refractivity contribution in [3.05, 3.63) is 100 Å². The number of anilines is 1. The van der Waals surface area contributed by atoms with Crippen LogP contribution >= 0.6 is 0 Å². The van der Waals surface area contributed by atoms with Crippen molar-refractivity contribution in [2.75, 3.05) is 11.9 Å². The number of ether oxygens (including phenoxy) is 1. The number of aryl methyl sites for hydroxylation is 1.